The summed E-state index contributed by atoms with van der Waals surface area (Å²) in [6, 6.07) is 8.63. The van der Waals surface area contributed by atoms with Crippen LogP contribution >= 0.6 is 0 Å². The zero-order valence-electron chi connectivity index (χ0n) is 13.0. The Labute approximate surface area is 127 Å². The number of nitrogens with zero attached hydrogens (tertiary/aromatic N) is 1. The van der Waals surface area contributed by atoms with Crippen molar-refractivity contribution < 1.29 is 4.79 Å². The maximum atomic E-state index is 12.6. The van der Waals surface area contributed by atoms with Crippen LogP contribution in [0.15, 0.2) is 24.3 Å². The first-order chi connectivity index (χ1) is 10.1. The van der Waals surface area contributed by atoms with E-state index < -0.39 is 0 Å². The number of benzene rings is 1. The summed E-state index contributed by atoms with van der Waals surface area (Å²) in [5, 5.41) is 0. The van der Waals surface area contributed by atoms with Crippen LogP contribution in [0, 0.1) is 5.41 Å². The number of carbonyl (C=O) groups is 1. The van der Waals surface area contributed by atoms with Gasteiger partial charge in [0.1, 0.15) is 0 Å². The molecule has 1 heterocycles. The van der Waals surface area contributed by atoms with Crippen molar-refractivity contribution in [2.24, 2.45) is 11.1 Å². The smallest absolute Gasteiger partial charge is 0.223 e. The molecule has 0 bridgehead atoms. The summed E-state index contributed by atoms with van der Waals surface area (Å²) in [6.07, 6.45) is 5.21. The third-order valence-electron chi connectivity index (χ3n) is 5.32. The fraction of sp³-hybridized carbons (Fsp3) is 0.611. The summed E-state index contributed by atoms with van der Waals surface area (Å²) in [7, 11) is 0. The predicted molar refractivity (Wildman–Crippen MR) is 85.1 cm³/mol. The van der Waals surface area contributed by atoms with E-state index >= 15 is 0 Å². The molecule has 21 heavy (non-hydrogen) atoms. The summed E-state index contributed by atoms with van der Waals surface area (Å²) in [5.74, 6) is 0.723. The maximum Gasteiger partial charge on any atom is 0.223 e. The molecule has 114 valence electrons. The van der Waals surface area contributed by atoms with E-state index in [0.717, 1.165) is 32.4 Å². The lowest BCUT2D eigenvalue weighted by molar-refractivity contribution is -0.131. The van der Waals surface area contributed by atoms with Crippen molar-refractivity contribution in [1.82, 2.24) is 4.90 Å². The quantitative estimate of drug-likeness (QED) is 0.928. The van der Waals surface area contributed by atoms with Gasteiger partial charge in [-0.25, -0.2) is 0 Å². The van der Waals surface area contributed by atoms with Crippen LogP contribution in [-0.2, 0) is 11.2 Å². The van der Waals surface area contributed by atoms with Crippen LogP contribution in [0.2, 0.25) is 0 Å². The molecule has 0 radical (unpaired) electrons. The number of hydrogen-bond donors (Lipinski definition) is 1. The molecule has 0 aromatic heterocycles. The van der Waals surface area contributed by atoms with E-state index in [9.17, 15) is 4.79 Å². The highest BCUT2D eigenvalue weighted by Gasteiger charge is 2.35. The van der Waals surface area contributed by atoms with Gasteiger partial charge in [-0.2, -0.15) is 0 Å². The molecule has 1 aromatic rings. The molecule has 3 heteroatoms. The van der Waals surface area contributed by atoms with E-state index in [0.29, 0.717) is 24.8 Å². The zero-order chi connectivity index (χ0) is 14.9. The van der Waals surface area contributed by atoms with Crippen LogP contribution in [0.3, 0.4) is 0 Å². The molecule has 2 aliphatic rings. The minimum Gasteiger partial charge on any atom is -0.342 e. The highest BCUT2D eigenvalue weighted by Crippen LogP contribution is 2.35. The fourth-order valence-corrected chi connectivity index (χ4v) is 3.81. The van der Waals surface area contributed by atoms with Gasteiger partial charge in [0.05, 0.1) is 0 Å². The molecule has 2 N–H and O–H groups in total. The standard InChI is InChI=1S/C18H26N2O/c1-18(12-19)9-10-20(13-18)17(21)11-15-7-4-6-14-5-2-3-8-16(14)15/h2-3,5,8,15H,4,6-7,9-13,19H2,1H3. The van der Waals surface area contributed by atoms with Gasteiger partial charge in [-0.15, -0.1) is 0 Å². The van der Waals surface area contributed by atoms with Crippen molar-refractivity contribution in [2.45, 2.75) is 44.9 Å². The molecule has 1 aliphatic carbocycles. The van der Waals surface area contributed by atoms with Gasteiger partial charge in [-0.1, -0.05) is 31.2 Å². The number of carbonyl (C=O) groups excluding carboxylic acids is 1. The van der Waals surface area contributed by atoms with Crippen LogP contribution in [0.5, 0.6) is 0 Å². The third-order valence-corrected chi connectivity index (χ3v) is 5.32. The van der Waals surface area contributed by atoms with E-state index in [2.05, 4.69) is 31.2 Å². The van der Waals surface area contributed by atoms with Gasteiger partial charge >= 0.3 is 0 Å². The number of fused-ring (bicyclic) bond motifs is 1. The number of amides is 1. The molecule has 1 saturated heterocycles. The van der Waals surface area contributed by atoms with Crippen molar-refractivity contribution in [3.63, 3.8) is 0 Å². The van der Waals surface area contributed by atoms with Crippen molar-refractivity contribution in [2.75, 3.05) is 19.6 Å². The van der Waals surface area contributed by atoms with Gasteiger partial charge in [0.25, 0.3) is 0 Å². The number of aryl methyl sites for hydroxylation is 1. The van der Waals surface area contributed by atoms with Crippen LogP contribution in [0.25, 0.3) is 0 Å². The van der Waals surface area contributed by atoms with Crippen molar-refractivity contribution >= 4 is 5.91 Å². The Morgan fingerprint density at radius 2 is 2.24 bits per heavy atom. The summed E-state index contributed by atoms with van der Waals surface area (Å²) in [4.78, 5) is 14.6. The first-order valence-corrected chi connectivity index (χ1v) is 8.17. The largest absolute Gasteiger partial charge is 0.342 e. The van der Waals surface area contributed by atoms with Gasteiger partial charge in [-0.3, -0.25) is 4.79 Å². The minimum absolute atomic E-state index is 0.125. The lowest BCUT2D eigenvalue weighted by atomic mass is 9.81. The predicted octanol–water partition coefficient (Wildman–Crippen LogP) is 2.69. The number of rotatable bonds is 3. The Hall–Kier alpha value is -1.35. The van der Waals surface area contributed by atoms with Crippen LogP contribution in [-0.4, -0.2) is 30.4 Å². The molecule has 0 saturated carbocycles. The molecular weight excluding hydrogens is 260 g/mol. The van der Waals surface area contributed by atoms with E-state index in [1.165, 1.54) is 17.5 Å². The Morgan fingerprint density at radius 3 is 3.00 bits per heavy atom. The topological polar surface area (TPSA) is 46.3 Å². The Morgan fingerprint density at radius 1 is 1.43 bits per heavy atom. The number of hydrogen-bond acceptors (Lipinski definition) is 2. The van der Waals surface area contributed by atoms with E-state index in [4.69, 9.17) is 5.73 Å². The van der Waals surface area contributed by atoms with Crippen molar-refractivity contribution in [3.05, 3.63) is 35.4 Å². The number of nitrogens with two attached hydrogens (primary N) is 1. The highest BCUT2D eigenvalue weighted by molar-refractivity contribution is 5.77. The molecule has 1 aromatic carbocycles. The second kappa shape index (κ2) is 5.80. The maximum absolute atomic E-state index is 12.6. The lowest BCUT2D eigenvalue weighted by Crippen LogP contribution is -2.35. The molecule has 2 unspecified atom stereocenters. The van der Waals surface area contributed by atoms with E-state index in [1.807, 2.05) is 4.90 Å². The molecule has 2 atom stereocenters. The van der Waals surface area contributed by atoms with Crippen LogP contribution in [0.1, 0.15) is 49.7 Å². The van der Waals surface area contributed by atoms with Gasteiger partial charge < -0.3 is 10.6 Å². The summed E-state index contributed by atoms with van der Waals surface area (Å²) < 4.78 is 0. The molecule has 3 rings (SSSR count). The molecule has 3 nitrogen and oxygen atoms in total. The summed E-state index contributed by atoms with van der Waals surface area (Å²) >= 11 is 0. The fourth-order valence-electron chi connectivity index (χ4n) is 3.81. The Bertz CT molecular complexity index is 528. The van der Waals surface area contributed by atoms with Crippen molar-refractivity contribution in [3.8, 4) is 0 Å². The molecular formula is C18H26N2O. The van der Waals surface area contributed by atoms with E-state index in [1.54, 1.807) is 0 Å². The molecule has 1 fully saturated rings. The summed E-state index contributed by atoms with van der Waals surface area (Å²) in [5.41, 5.74) is 8.81. The SMILES string of the molecule is CC1(CN)CCN(C(=O)CC2CCCc3ccccc32)C1. The average molecular weight is 286 g/mol. The van der Waals surface area contributed by atoms with Crippen LogP contribution in [0.4, 0.5) is 0 Å². The lowest BCUT2D eigenvalue weighted by Gasteiger charge is -2.28. The number of likely N-dealkylation sites (tertiary alicyclic amines) is 1. The Balaban J connectivity index is 1.67. The average Bonchev–Trinajstić information content (AvgIpc) is 2.91. The highest BCUT2D eigenvalue weighted by atomic mass is 16.2. The molecule has 0 spiro atoms. The van der Waals surface area contributed by atoms with E-state index in [-0.39, 0.29) is 5.41 Å². The minimum atomic E-state index is 0.125. The molecule has 1 aliphatic heterocycles. The van der Waals surface area contributed by atoms with Gasteiger partial charge in [-0.05, 0) is 54.7 Å². The van der Waals surface area contributed by atoms with Crippen molar-refractivity contribution in [1.29, 1.82) is 0 Å². The van der Waals surface area contributed by atoms with Crippen LogP contribution < -0.4 is 5.73 Å². The monoisotopic (exact) mass is 286 g/mol. The van der Waals surface area contributed by atoms with Gasteiger partial charge in [0.15, 0.2) is 0 Å². The second-order valence-corrected chi connectivity index (χ2v) is 7.07. The third kappa shape index (κ3) is 2.98. The first kappa shape index (κ1) is 14.6. The Kier molecular flexibility index (Phi) is 4.03. The molecule has 1 amide bonds. The normalized spacial score (nSPS) is 28.5. The summed E-state index contributed by atoms with van der Waals surface area (Å²) in [6.45, 7) is 4.57. The zero-order valence-corrected chi connectivity index (χ0v) is 13.0. The van der Waals surface area contributed by atoms with Gasteiger partial charge in [0, 0.05) is 19.5 Å². The van der Waals surface area contributed by atoms with Gasteiger partial charge in [0.2, 0.25) is 5.91 Å². The first-order valence-electron chi connectivity index (χ1n) is 8.17. The second-order valence-electron chi connectivity index (χ2n) is 7.07.